The molecule has 0 radical (unpaired) electrons. The predicted octanol–water partition coefficient (Wildman–Crippen LogP) is 2.55. The van der Waals surface area contributed by atoms with Gasteiger partial charge in [-0.15, -0.1) is 0 Å². The number of para-hydroxylation sites is 1. The average molecular weight is 451 g/mol. The summed E-state index contributed by atoms with van der Waals surface area (Å²) in [6.07, 6.45) is 1.72. The zero-order valence-electron chi connectivity index (χ0n) is 18.1. The number of aromatic nitrogens is 1. The van der Waals surface area contributed by atoms with Gasteiger partial charge < -0.3 is 14.6 Å². The van der Waals surface area contributed by atoms with Crippen LogP contribution in [-0.4, -0.2) is 29.7 Å². The van der Waals surface area contributed by atoms with Gasteiger partial charge in [0.15, 0.2) is 22.1 Å². The number of nitrogens with zero attached hydrogens (tertiary/aromatic N) is 2. The van der Waals surface area contributed by atoms with Gasteiger partial charge in [-0.25, -0.2) is 4.99 Å². The molecule has 1 aliphatic heterocycles. The molecule has 7 nitrogen and oxygen atoms in total. The molecule has 8 heteroatoms. The van der Waals surface area contributed by atoms with Crippen molar-refractivity contribution in [2.75, 3.05) is 14.2 Å². The third kappa shape index (κ3) is 3.62. The molecule has 1 aromatic heterocycles. The van der Waals surface area contributed by atoms with Gasteiger partial charge in [-0.05, 0) is 43.7 Å². The lowest BCUT2D eigenvalue weighted by Crippen LogP contribution is -2.39. The van der Waals surface area contributed by atoms with Crippen molar-refractivity contribution < 1.29 is 19.4 Å². The summed E-state index contributed by atoms with van der Waals surface area (Å²) in [7, 11) is 3.02. The molecule has 0 bridgehead atoms. The zero-order valence-corrected chi connectivity index (χ0v) is 18.9. The molecule has 0 aliphatic carbocycles. The number of rotatable bonds is 5. The number of hydrogen-bond acceptors (Lipinski definition) is 7. The van der Waals surface area contributed by atoms with Gasteiger partial charge in [-0.1, -0.05) is 35.6 Å². The first-order chi connectivity index (χ1) is 15.3. The van der Waals surface area contributed by atoms with Crippen LogP contribution in [0.15, 0.2) is 63.5 Å². The highest BCUT2D eigenvalue weighted by Gasteiger charge is 2.32. The smallest absolute Gasteiger partial charge is 0.271 e. The van der Waals surface area contributed by atoms with Gasteiger partial charge in [-0.3, -0.25) is 14.2 Å². The highest BCUT2D eigenvalue weighted by molar-refractivity contribution is 7.07. The maximum atomic E-state index is 13.5. The van der Waals surface area contributed by atoms with E-state index in [4.69, 9.17) is 9.47 Å². The van der Waals surface area contributed by atoms with E-state index in [1.165, 1.54) is 31.4 Å². The number of Topliss-reactive ketones (excluding diaryl/α,β-unsaturated/α-hetero) is 1. The minimum absolute atomic E-state index is 0.0176. The molecule has 3 aromatic rings. The van der Waals surface area contributed by atoms with Gasteiger partial charge in [0.05, 0.1) is 24.8 Å². The van der Waals surface area contributed by atoms with Crippen LogP contribution in [0.1, 0.15) is 31.0 Å². The summed E-state index contributed by atoms with van der Waals surface area (Å²) in [6.45, 7) is 3.26. The van der Waals surface area contributed by atoms with Gasteiger partial charge >= 0.3 is 0 Å². The number of hydrogen-bond donors (Lipinski definition) is 1. The lowest BCUT2D eigenvalue weighted by molar-refractivity contribution is -0.114. The summed E-state index contributed by atoms with van der Waals surface area (Å²) in [5, 5.41) is 9.84. The molecule has 0 unspecified atom stereocenters. The van der Waals surface area contributed by atoms with Gasteiger partial charge in [0.2, 0.25) is 0 Å². The second-order valence-electron chi connectivity index (χ2n) is 7.31. The first-order valence-corrected chi connectivity index (χ1v) is 10.7. The number of thiazole rings is 1. The predicted molar refractivity (Wildman–Crippen MR) is 122 cm³/mol. The van der Waals surface area contributed by atoms with Crippen molar-refractivity contribution in [3.8, 4) is 17.2 Å². The van der Waals surface area contributed by atoms with Crippen LogP contribution >= 0.6 is 11.3 Å². The number of fused-ring (bicyclic) bond motifs is 1. The van der Waals surface area contributed by atoms with Gasteiger partial charge in [0.25, 0.3) is 5.56 Å². The molecule has 0 saturated heterocycles. The van der Waals surface area contributed by atoms with Crippen molar-refractivity contribution in [3.63, 3.8) is 0 Å². The molecule has 0 fully saturated rings. The van der Waals surface area contributed by atoms with E-state index in [1.807, 2.05) is 18.2 Å². The zero-order chi connectivity index (χ0) is 23.0. The van der Waals surface area contributed by atoms with Crippen LogP contribution in [-0.2, 0) is 4.79 Å². The SMILES string of the molecule is COc1cc(/C=c2\sc3n(c2=O)[C@H](c2ccccc2OC)C(C(C)=O)=C(C)N=3)ccc1O. The summed E-state index contributed by atoms with van der Waals surface area (Å²) in [5.41, 5.74) is 2.19. The number of benzene rings is 2. The Bertz CT molecular complexity index is 1430. The maximum absolute atomic E-state index is 13.5. The Balaban J connectivity index is 1.99. The number of aromatic hydroxyl groups is 1. The molecular weight excluding hydrogens is 428 g/mol. The fourth-order valence-electron chi connectivity index (χ4n) is 3.89. The van der Waals surface area contributed by atoms with Crippen molar-refractivity contribution in [3.05, 3.63) is 84.5 Å². The van der Waals surface area contributed by atoms with Crippen LogP contribution in [0.4, 0.5) is 0 Å². The Morgan fingerprint density at radius 2 is 1.88 bits per heavy atom. The van der Waals surface area contributed by atoms with Gasteiger partial charge in [0, 0.05) is 16.8 Å². The third-order valence-electron chi connectivity index (χ3n) is 5.34. The number of phenols is 1. The number of carbonyl (C=O) groups excluding carboxylic acids is 1. The van der Waals surface area contributed by atoms with E-state index < -0.39 is 6.04 Å². The summed E-state index contributed by atoms with van der Waals surface area (Å²) in [4.78, 5) is 31.2. The first-order valence-electron chi connectivity index (χ1n) is 9.89. The molecule has 32 heavy (non-hydrogen) atoms. The topological polar surface area (TPSA) is 90.1 Å². The summed E-state index contributed by atoms with van der Waals surface area (Å²) in [6, 6.07) is 11.6. The van der Waals surface area contributed by atoms with Gasteiger partial charge in [-0.2, -0.15) is 0 Å². The van der Waals surface area contributed by atoms with Crippen LogP contribution in [0.25, 0.3) is 6.08 Å². The molecule has 4 rings (SSSR count). The van der Waals surface area contributed by atoms with Crippen LogP contribution in [0.2, 0.25) is 0 Å². The molecule has 0 amide bonds. The van der Waals surface area contributed by atoms with Crippen LogP contribution in [0.3, 0.4) is 0 Å². The summed E-state index contributed by atoms with van der Waals surface area (Å²) in [5.74, 6) is 0.764. The summed E-state index contributed by atoms with van der Waals surface area (Å²) >= 11 is 1.24. The number of allylic oxidation sites excluding steroid dienone is 2. The molecule has 0 spiro atoms. The molecule has 1 N–H and O–H groups in total. The highest BCUT2D eigenvalue weighted by atomic mass is 32.1. The lowest BCUT2D eigenvalue weighted by Gasteiger charge is -2.25. The maximum Gasteiger partial charge on any atom is 0.271 e. The molecule has 1 aliphatic rings. The largest absolute Gasteiger partial charge is 0.504 e. The number of ether oxygens (including phenoxy) is 2. The standard InChI is InChI=1S/C24H22N2O5S/c1-13-21(14(2)27)22(16-7-5-6-8-18(16)30-3)26-23(29)20(32-24(26)25-13)12-15-9-10-17(28)19(11-15)31-4/h5-12,22,28H,1-4H3/b20-12-/t22-/m1/s1. The Morgan fingerprint density at radius 3 is 2.56 bits per heavy atom. The van der Waals surface area contributed by atoms with Crippen LogP contribution in [0, 0.1) is 0 Å². The Kier molecular flexibility index (Phi) is 5.71. The normalized spacial score (nSPS) is 15.9. The van der Waals surface area contributed by atoms with Crippen molar-refractivity contribution in [2.24, 2.45) is 4.99 Å². The van der Waals surface area contributed by atoms with E-state index in [0.29, 0.717) is 43.2 Å². The molecule has 2 heterocycles. The lowest BCUT2D eigenvalue weighted by atomic mass is 9.93. The number of carbonyl (C=O) groups is 1. The second-order valence-corrected chi connectivity index (χ2v) is 8.32. The van der Waals surface area contributed by atoms with Crippen LogP contribution < -0.4 is 24.4 Å². The summed E-state index contributed by atoms with van der Waals surface area (Å²) < 4.78 is 12.7. The van der Waals surface area contributed by atoms with E-state index in [2.05, 4.69) is 4.99 Å². The fourth-order valence-corrected chi connectivity index (χ4v) is 4.94. The number of ketones is 1. The number of phenolic OH excluding ortho intramolecular Hbond substituents is 1. The quantitative estimate of drug-likeness (QED) is 0.645. The molecule has 164 valence electrons. The van der Waals surface area contributed by atoms with Crippen molar-refractivity contribution in [1.29, 1.82) is 0 Å². The first kappa shape index (κ1) is 21.6. The monoisotopic (exact) mass is 450 g/mol. The molecule has 1 atom stereocenters. The highest BCUT2D eigenvalue weighted by Crippen LogP contribution is 2.35. The third-order valence-corrected chi connectivity index (χ3v) is 6.32. The van der Waals surface area contributed by atoms with Crippen molar-refractivity contribution in [1.82, 2.24) is 4.57 Å². The average Bonchev–Trinajstić information content (AvgIpc) is 3.08. The molecule has 0 saturated carbocycles. The van der Waals surface area contributed by atoms with Crippen LogP contribution in [0.5, 0.6) is 17.2 Å². The minimum atomic E-state index is -0.642. The molecular formula is C24H22N2O5S. The minimum Gasteiger partial charge on any atom is -0.504 e. The number of methoxy groups -OCH3 is 2. The van der Waals surface area contributed by atoms with E-state index >= 15 is 0 Å². The second kappa shape index (κ2) is 8.47. The van der Waals surface area contributed by atoms with Gasteiger partial charge in [0.1, 0.15) is 5.75 Å². The van der Waals surface area contributed by atoms with E-state index in [-0.39, 0.29) is 17.1 Å². The van der Waals surface area contributed by atoms with E-state index in [9.17, 15) is 14.7 Å². The Labute approximate surface area is 188 Å². The van der Waals surface area contributed by atoms with Crippen molar-refractivity contribution in [2.45, 2.75) is 19.9 Å². The fraction of sp³-hybridized carbons (Fsp3) is 0.208. The molecule has 2 aromatic carbocycles. The van der Waals surface area contributed by atoms with E-state index in [1.54, 1.807) is 42.9 Å². The van der Waals surface area contributed by atoms with E-state index in [0.717, 1.165) is 0 Å². The van der Waals surface area contributed by atoms with Crippen molar-refractivity contribution >= 4 is 23.2 Å². The Hall–Kier alpha value is -3.65. The Morgan fingerprint density at radius 1 is 1.16 bits per heavy atom.